The van der Waals surface area contributed by atoms with E-state index >= 15 is 8.78 Å². The molecule has 4 heteroatoms. The molecular formula is C80H50F2N2. The molecule has 0 aliphatic heterocycles. The van der Waals surface area contributed by atoms with E-state index in [-0.39, 0.29) is 45.3 Å². The van der Waals surface area contributed by atoms with Crippen molar-refractivity contribution in [1.82, 2.24) is 0 Å². The van der Waals surface area contributed by atoms with Gasteiger partial charge < -0.3 is 9.80 Å². The number of anilines is 6. The summed E-state index contributed by atoms with van der Waals surface area (Å²) in [4.78, 5) is 2.88. The minimum atomic E-state index is -0.731. The molecule has 0 radical (unpaired) electrons. The van der Waals surface area contributed by atoms with Gasteiger partial charge in [-0.3, -0.25) is 0 Å². The smallest absolute Gasteiger partial charge is 0.155 e. The largest absolute Gasteiger partial charge is 0.307 e. The summed E-state index contributed by atoms with van der Waals surface area (Å²) in [6, 6.07) is 69.7. The highest BCUT2D eigenvalue weighted by atomic mass is 19.1. The Balaban J connectivity index is 1.01. The molecule has 0 fully saturated rings. The van der Waals surface area contributed by atoms with Gasteiger partial charge >= 0.3 is 0 Å². The van der Waals surface area contributed by atoms with Crippen molar-refractivity contribution in [1.29, 1.82) is 0 Å². The fourth-order valence-electron chi connectivity index (χ4n) is 12.7. The standard InChI is InChI=1S/C80H50F2N2/c81-79-71(67-37-17-25-53-21-9-13-33-63(53)67)47-57(65-35-15-23-51-19-7-11-31-61(51)65)49-75(79)83(59-27-3-1-4-28-59)73-45-41-55-40-44-70-74(46-42-56-39-43-69(73)77(55)78(56)70)84(60-29-5-2-6-30-60)76-50-58(66-36-16-24-52-20-8-12-32-62(52)66)48-72(80(76)82)68-38-18-26-54-22-10-14-34-64(54)68/h1-50H/i1D,2D,3D,4D,5D,6D,27D,28D,29D,30D. The second-order valence-electron chi connectivity index (χ2n) is 21.0. The molecule has 2 nitrogen and oxygen atoms in total. The molecule has 0 unspecified atom stereocenters. The highest BCUT2D eigenvalue weighted by molar-refractivity contribution is 6.28. The molecule has 84 heavy (non-hydrogen) atoms. The number of rotatable bonds is 10. The minimum Gasteiger partial charge on any atom is -0.307 e. The summed E-state index contributed by atoms with van der Waals surface area (Å²) in [6.45, 7) is 0. The molecule has 16 rings (SSSR count). The van der Waals surface area contributed by atoms with E-state index < -0.39 is 72.1 Å². The average Bonchev–Trinajstić information content (AvgIpc) is 0.723. The van der Waals surface area contributed by atoms with Gasteiger partial charge in [0, 0.05) is 33.3 Å². The van der Waals surface area contributed by atoms with Gasteiger partial charge in [-0.1, -0.05) is 243 Å². The number of fused-ring (bicyclic) bond motifs is 4. The van der Waals surface area contributed by atoms with E-state index in [9.17, 15) is 5.48 Å². The van der Waals surface area contributed by atoms with Crippen LogP contribution in [0.15, 0.2) is 303 Å². The number of nitrogens with zero attached hydrogens (tertiary/aromatic N) is 2. The molecule has 16 aromatic carbocycles. The normalized spacial score (nSPS) is 13.4. The predicted molar refractivity (Wildman–Crippen MR) is 351 cm³/mol. The van der Waals surface area contributed by atoms with E-state index in [1.807, 2.05) is 206 Å². The lowest BCUT2D eigenvalue weighted by molar-refractivity contribution is 0.632. The van der Waals surface area contributed by atoms with Crippen molar-refractivity contribution in [3.05, 3.63) is 315 Å². The first kappa shape index (κ1) is 39.5. The van der Waals surface area contributed by atoms with Crippen LogP contribution in [-0.4, -0.2) is 0 Å². The molecule has 0 saturated carbocycles. The van der Waals surface area contributed by atoms with Crippen LogP contribution in [0.3, 0.4) is 0 Å². The maximum absolute atomic E-state index is 19.1. The van der Waals surface area contributed by atoms with Crippen LogP contribution >= 0.6 is 0 Å². The van der Waals surface area contributed by atoms with E-state index in [0.29, 0.717) is 54.6 Å². The van der Waals surface area contributed by atoms with Gasteiger partial charge in [0.25, 0.3) is 0 Å². The third kappa shape index (κ3) is 7.98. The molecule has 0 aliphatic carbocycles. The Morgan fingerprint density at radius 1 is 0.250 bits per heavy atom. The van der Waals surface area contributed by atoms with Gasteiger partial charge in [0.1, 0.15) is 0 Å². The zero-order chi connectivity index (χ0) is 64.5. The second kappa shape index (κ2) is 19.9. The zero-order valence-corrected chi connectivity index (χ0v) is 44.7. The molecule has 0 atom stereocenters. The quantitative estimate of drug-likeness (QED) is 0.126. The van der Waals surface area contributed by atoms with Crippen LogP contribution in [0.5, 0.6) is 0 Å². The highest BCUT2D eigenvalue weighted by Gasteiger charge is 2.28. The van der Waals surface area contributed by atoms with Crippen LogP contribution in [0.2, 0.25) is 0 Å². The lowest BCUT2D eigenvalue weighted by atomic mass is 9.90. The lowest BCUT2D eigenvalue weighted by Gasteiger charge is -2.31. The van der Waals surface area contributed by atoms with E-state index in [4.69, 9.17) is 8.22 Å². The summed E-state index contributed by atoms with van der Waals surface area (Å²) < 4.78 is 131. The Labute approximate surface area is 499 Å². The van der Waals surface area contributed by atoms with Gasteiger partial charge in [0.2, 0.25) is 0 Å². The molecule has 0 aliphatic rings. The summed E-state index contributed by atoms with van der Waals surface area (Å²) in [7, 11) is 0. The Hall–Kier alpha value is -10.9. The van der Waals surface area contributed by atoms with Crippen molar-refractivity contribution >= 4 is 110 Å². The first-order valence-corrected chi connectivity index (χ1v) is 27.7. The first-order chi connectivity index (χ1) is 45.7. The fraction of sp³-hybridized carbons (Fsp3) is 0. The number of hydrogen-bond donors (Lipinski definition) is 0. The van der Waals surface area contributed by atoms with Crippen LogP contribution in [-0.2, 0) is 0 Å². The number of para-hydroxylation sites is 2. The molecule has 0 N–H and O–H groups in total. The van der Waals surface area contributed by atoms with E-state index in [1.54, 1.807) is 36.4 Å². The Morgan fingerprint density at radius 2 is 0.571 bits per heavy atom. The zero-order valence-electron chi connectivity index (χ0n) is 54.7. The third-order valence-electron chi connectivity index (χ3n) is 16.5. The van der Waals surface area contributed by atoms with Crippen molar-refractivity contribution in [2.24, 2.45) is 0 Å². The fourth-order valence-corrected chi connectivity index (χ4v) is 12.7. The van der Waals surface area contributed by atoms with Crippen LogP contribution in [0.25, 0.3) is 120 Å². The molecule has 0 aromatic heterocycles. The number of halogens is 2. The van der Waals surface area contributed by atoms with Crippen molar-refractivity contribution in [3.63, 3.8) is 0 Å². The Bertz CT molecular complexity index is 5460. The summed E-state index contributed by atoms with van der Waals surface area (Å²) in [5.41, 5.74) is 3.88. The SMILES string of the molecule is [2H]c1c([2H])c([2H])c(N(c2cc(-c3cccc4ccccc34)cc(-c3cccc4ccccc34)c2F)c2ccc3ccc4c(N(c5cc(-c6cccc7ccccc67)cc(-c6cccc7ccccc67)c5F)c5c([2H])c([2H])c([2H])c([2H])c5[2H])ccc5ccc2c3c54)c([2H])c1[2H]. The molecule has 0 heterocycles. The maximum atomic E-state index is 19.1. The van der Waals surface area contributed by atoms with E-state index in [0.717, 1.165) is 54.2 Å². The molecule has 16 aromatic rings. The summed E-state index contributed by atoms with van der Waals surface area (Å²) >= 11 is 0. The van der Waals surface area contributed by atoms with Gasteiger partial charge in [-0.05, 0) is 159 Å². The first-order valence-electron chi connectivity index (χ1n) is 32.7. The van der Waals surface area contributed by atoms with Crippen molar-refractivity contribution in [3.8, 4) is 44.5 Å². The summed E-state index contributed by atoms with van der Waals surface area (Å²) in [5.74, 6) is -1.46. The highest BCUT2D eigenvalue weighted by Crippen LogP contribution is 2.52. The topological polar surface area (TPSA) is 6.48 Å². The molecule has 0 spiro atoms. The Kier molecular flexibility index (Phi) is 9.37. The van der Waals surface area contributed by atoms with Gasteiger partial charge in [-0.25, -0.2) is 8.78 Å². The summed E-state index contributed by atoms with van der Waals surface area (Å²) in [5, 5.41) is 10.4. The second-order valence-corrected chi connectivity index (χ2v) is 21.0. The molecule has 0 bridgehead atoms. The van der Waals surface area contributed by atoms with E-state index in [1.165, 1.54) is 9.80 Å². The van der Waals surface area contributed by atoms with Crippen LogP contribution in [0, 0.1) is 11.6 Å². The maximum Gasteiger partial charge on any atom is 0.155 e. The third-order valence-corrected chi connectivity index (χ3v) is 16.5. The monoisotopic (exact) mass is 1090 g/mol. The van der Waals surface area contributed by atoms with Gasteiger partial charge in [-0.2, -0.15) is 0 Å². The van der Waals surface area contributed by atoms with Gasteiger partial charge in [-0.15, -0.1) is 0 Å². The van der Waals surface area contributed by atoms with Gasteiger partial charge in [0.05, 0.1) is 36.5 Å². The minimum absolute atomic E-state index is 0.112. The van der Waals surface area contributed by atoms with E-state index in [2.05, 4.69) is 0 Å². The van der Waals surface area contributed by atoms with Crippen molar-refractivity contribution in [2.75, 3.05) is 9.80 Å². The van der Waals surface area contributed by atoms with Crippen LogP contribution in [0.1, 0.15) is 13.7 Å². The molecule has 0 amide bonds. The number of hydrogen-bond acceptors (Lipinski definition) is 2. The number of benzene rings is 16. The van der Waals surface area contributed by atoms with Crippen molar-refractivity contribution in [2.45, 2.75) is 0 Å². The van der Waals surface area contributed by atoms with Crippen molar-refractivity contribution < 1.29 is 22.5 Å². The lowest BCUT2D eigenvalue weighted by Crippen LogP contribution is -2.14. The average molecular weight is 1090 g/mol. The Morgan fingerprint density at radius 3 is 0.952 bits per heavy atom. The van der Waals surface area contributed by atoms with Crippen LogP contribution in [0.4, 0.5) is 42.9 Å². The molecule has 0 saturated heterocycles. The van der Waals surface area contributed by atoms with Gasteiger partial charge in [0.15, 0.2) is 11.6 Å². The molecular weight excluding hydrogens is 1030 g/mol. The summed E-state index contributed by atoms with van der Waals surface area (Å²) in [6.07, 6.45) is 0. The molecule has 394 valence electrons. The van der Waals surface area contributed by atoms with Crippen LogP contribution < -0.4 is 9.80 Å². The predicted octanol–water partition coefficient (Wildman–Crippen LogP) is 23.1.